The minimum Gasteiger partial charge on any atom is -0.397 e. The maximum atomic E-state index is 11.9. The highest BCUT2D eigenvalue weighted by Gasteiger charge is 2.12. The summed E-state index contributed by atoms with van der Waals surface area (Å²) in [4.78, 5) is 15.7. The highest BCUT2D eigenvalue weighted by Crippen LogP contribution is 2.15. The second-order valence-electron chi connectivity index (χ2n) is 3.65. The molecule has 0 aliphatic rings. The molecule has 2 aromatic heterocycles. The van der Waals surface area contributed by atoms with Crippen molar-refractivity contribution >= 4 is 23.2 Å². The second kappa shape index (κ2) is 5.01. The lowest BCUT2D eigenvalue weighted by Gasteiger charge is -2.06. The first-order chi connectivity index (χ1) is 8.58. The number of halogens is 1. The van der Waals surface area contributed by atoms with E-state index in [4.69, 9.17) is 17.3 Å². The van der Waals surface area contributed by atoms with Crippen LogP contribution in [0.15, 0.2) is 18.6 Å². The normalized spacial score (nSPS) is 10.3. The number of pyridine rings is 1. The predicted octanol–water partition coefficient (Wildman–Crippen LogP) is 0.376. The fraction of sp³-hybridized carbons (Fsp3) is 0.200. The van der Waals surface area contributed by atoms with Crippen LogP contribution in [0.4, 0.5) is 5.69 Å². The smallest absolute Gasteiger partial charge is 0.254 e. The van der Waals surface area contributed by atoms with Crippen molar-refractivity contribution in [1.82, 2.24) is 25.1 Å². The molecule has 0 aromatic carbocycles. The van der Waals surface area contributed by atoms with E-state index in [1.54, 1.807) is 17.9 Å². The molecule has 0 atom stereocenters. The molecule has 2 rings (SSSR count). The van der Waals surface area contributed by atoms with Crippen molar-refractivity contribution in [3.05, 3.63) is 35.1 Å². The summed E-state index contributed by atoms with van der Waals surface area (Å²) >= 11 is 5.82. The van der Waals surface area contributed by atoms with Crippen molar-refractivity contribution in [3.8, 4) is 0 Å². The average molecular weight is 267 g/mol. The molecule has 2 aromatic rings. The Bertz CT molecular complexity index is 581. The van der Waals surface area contributed by atoms with Crippen LogP contribution in [0.3, 0.4) is 0 Å². The third kappa shape index (κ3) is 2.57. The Balaban J connectivity index is 2.08. The second-order valence-corrected chi connectivity index (χ2v) is 4.01. The number of carbonyl (C=O) groups is 1. The molecule has 0 bridgehead atoms. The van der Waals surface area contributed by atoms with E-state index in [-0.39, 0.29) is 23.2 Å². The van der Waals surface area contributed by atoms with Gasteiger partial charge in [0, 0.05) is 7.05 Å². The predicted molar refractivity (Wildman–Crippen MR) is 65.8 cm³/mol. The lowest BCUT2D eigenvalue weighted by molar-refractivity contribution is 0.0949. The molecule has 0 aliphatic carbocycles. The summed E-state index contributed by atoms with van der Waals surface area (Å²) in [7, 11) is 1.79. The van der Waals surface area contributed by atoms with Crippen LogP contribution in [-0.4, -0.2) is 25.7 Å². The molecule has 0 unspecified atom stereocenters. The van der Waals surface area contributed by atoms with Gasteiger partial charge in [0.05, 0.1) is 24.0 Å². The molecule has 3 N–H and O–H groups in total. The highest BCUT2D eigenvalue weighted by molar-refractivity contribution is 6.32. The third-order valence-corrected chi connectivity index (χ3v) is 2.62. The van der Waals surface area contributed by atoms with Crippen LogP contribution in [-0.2, 0) is 13.6 Å². The van der Waals surface area contributed by atoms with Crippen LogP contribution in [0.2, 0.25) is 5.15 Å². The van der Waals surface area contributed by atoms with Crippen LogP contribution >= 0.6 is 11.6 Å². The number of aryl methyl sites for hydroxylation is 1. The van der Waals surface area contributed by atoms with Crippen molar-refractivity contribution in [2.75, 3.05) is 5.73 Å². The Morgan fingerprint density at radius 3 is 3.06 bits per heavy atom. The van der Waals surface area contributed by atoms with E-state index in [1.807, 2.05) is 0 Å². The standard InChI is InChI=1S/C10H11ClN6O/c1-17-5-15-16-8(17)4-14-10(18)7-2-6(12)3-13-9(7)11/h2-3,5H,4,12H2,1H3,(H,14,18). The van der Waals surface area contributed by atoms with Crippen LogP contribution in [0, 0.1) is 0 Å². The van der Waals surface area contributed by atoms with E-state index in [9.17, 15) is 4.79 Å². The van der Waals surface area contributed by atoms with Gasteiger partial charge in [-0.05, 0) is 6.07 Å². The van der Waals surface area contributed by atoms with Crippen molar-refractivity contribution in [2.45, 2.75) is 6.54 Å². The molecule has 18 heavy (non-hydrogen) atoms. The van der Waals surface area contributed by atoms with Gasteiger partial charge in [0.25, 0.3) is 5.91 Å². The van der Waals surface area contributed by atoms with Crippen LogP contribution in [0.25, 0.3) is 0 Å². The fourth-order valence-corrected chi connectivity index (χ4v) is 1.53. The third-order valence-electron chi connectivity index (χ3n) is 2.32. The minimum atomic E-state index is -0.359. The molecule has 7 nitrogen and oxygen atoms in total. The van der Waals surface area contributed by atoms with E-state index < -0.39 is 0 Å². The Morgan fingerprint density at radius 2 is 2.39 bits per heavy atom. The van der Waals surface area contributed by atoms with Gasteiger partial charge in [-0.2, -0.15) is 0 Å². The topological polar surface area (TPSA) is 98.7 Å². The minimum absolute atomic E-state index is 0.111. The first kappa shape index (κ1) is 12.3. The number of hydrogen-bond acceptors (Lipinski definition) is 5. The summed E-state index contributed by atoms with van der Waals surface area (Å²) in [6.45, 7) is 0.250. The maximum Gasteiger partial charge on any atom is 0.254 e. The van der Waals surface area contributed by atoms with Crippen LogP contribution in [0.5, 0.6) is 0 Å². The molecular weight excluding hydrogens is 256 g/mol. The molecule has 0 spiro atoms. The number of nitrogens with zero attached hydrogens (tertiary/aromatic N) is 4. The van der Waals surface area contributed by atoms with Crippen molar-refractivity contribution in [3.63, 3.8) is 0 Å². The van der Waals surface area contributed by atoms with Crippen molar-refractivity contribution in [1.29, 1.82) is 0 Å². The lowest BCUT2D eigenvalue weighted by atomic mass is 10.2. The summed E-state index contributed by atoms with van der Waals surface area (Å²) in [6.07, 6.45) is 2.94. The maximum absolute atomic E-state index is 11.9. The summed E-state index contributed by atoms with van der Waals surface area (Å²) < 4.78 is 1.71. The number of nitrogens with two attached hydrogens (primary N) is 1. The van der Waals surface area contributed by atoms with Gasteiger partial charge >= 0.3 is 0 Å². The van der Waals surface area contributed by atoms with Gasteiger partial charge < -0.3 is 15.6 Å². The highest BCUT2D eigenvalue weighted by atomic mass is 35.5. The number of aromatic nitrogens is 4. The van der Waals surface area contributed by atoms with E-state index in [0.717, 1.165) is 0 Å². The number of nitrogen functional groups attached to an aromatic ring is 1. The van der Waals surface area contributed by atoms with Gasteiger partial charge in [-0.15, -0.1) is 10.2 Å². The van der Waals surface area contributed by atoms with E-state index in [0.29, 0.717) is 11.5 Å². The number of nitrogens with one attached hydrogen (secondary N) is 1. The first-order valence-corrected chi connectivity index (χ1v) is 5.48. The number of rotatable bonds is 3. The Labute approximate surface area is 108 Å². The molecule has 0 fully saturated rings. The van der Waals surface area contributed by atoms with Crippen molar-refractivity contribution in [2.24, 2.45) is 7.05 Å². The van der Waals surface area contributed by atoms with Gasteiger partial charge in [-0.1, -0.05) is 11.6 Å². The molecule has 8 heteroatoms. The summed E-state index contributed by atoms with van der Waals surface area (Å²) in [6, 6.07) is 1.47. The molecule has 1 amide bonds. The SMILES string of the molecule is Cn1cnnc1CNC(=O)c1cc(N)cnc1Cl. The number of anilines is 1. The van der Waals surface area contributed by atoms with Gasteiger partial charge in [0.1, 0.15) is 11.5 Å². The van der Waals surface area contributed by atoms with E-state index in [2.05, 4.69) is 20.5 Å². The van der Waals surface area contributed by atoms with Gasteiger partial charge in [0.15, 0.2) is 5.82 Å². The van der Waals surface area contributed by atoms with E-state index >= 15 is 0 Å². The molecule has 0 saturated heterocycles. The van der Waals surface area contributed by atoms with Gasteiger partial charge in [0.2, 0.25) is 0 Å². The Hall–Kier alpha value is -2.15. The molecule has 94 valence electrons. The number of amides is 1. The van der Waals surface area contributed by atoms with Gasteiger partial charge in [-0.3, -0.25) is 4.79 Å². The zero-order valence-electron chi connectivity index (χ0n) is 9.59. The summed E-state index contributed by atoms with van der Waals surface area (Å²) in [5.74, 6) is 0.277. The monoisotopic (exact) mass is 266 g/mol. The molecule has 2 heterocycles. The summed E-state index contributed by atoms with van der Waals surface area (Å²) in [5.41, 5.74) is 6.17. The average Bonchev–Trinajstić information content (AvgIpc) is 2.75. The van der Waals surface area contributed by atoms with Gasteiger partial charge in [-0.25, -0.2) is 4.98 Å². The lowest BCUT2D eigenvalue weighted by Crippen LogP contribution is -2.25. The number of carbonyl (C=O) groups excluding carboxylic acids is 1. The quantitative estimate of drug-likeness (QED) is 0.783. The summed E-state index contributed by atoms with van der Waals surface area (Å²) in [5, 5.41) is 10.3. The van der Waals surface area contributed by atoms with Crippen LogP contribution < -0.4 is 11.1 Å². The Morgan fingerprint density at radius 1 is 1.61 bits per heavy atom. The zero-order chi connectivity index (χ0) is 13.1. The molecule has 0 saturated carbocycles. The molecular formula is C10H11ClN6O. The first-order valence-electron chi connectivity index (χ1n) is 5.10. The molecule has 0 aliphatic heterocycles. The molecule has 0 radical (unpaired) electrons. The van der Waals surface area contributed by atoms with Crippen LogP contribution in [0.1, 0.15) is 16.2 Å². The number of hydrogen-bond donors (Lipinski definition) is 2. The van der Waals surface area contributed by atoms with Crippen molar-refractivity contribution < 1.29 is 4.79 Å². The fourth-order valence-electron chi connectivity index (χ4n) is 1.35. The largest absolute Gasteiger partial charge is 0.397 e. The zero-order valence-corrected chi connectivity index (χ0v) is 10.3. The Kier molecular flexibility index (Phi) is 3.42. The van der Waals surface area contributed by atoms with E-state index in [1.165, 1.54) is 12.3 Å².